The van der Waals surface area contributed by atoms with Gasteiger partial charge in [0.05, 0.1) is 25.4 Å². The third kappa shape index (κ3) is 5.47. The zero-order valence-electron chi connectivity index (χ0n) is 13.1. The Bertz CT molecular complexity index is 358. The maximum Gasteiger partial charge on any atom is 0.186 e. The lowest BCUT2D eigenvalue weighted by molar-refractivity contribution is -0.332. The van der Waals surface area contributed by atoms with Gasteiger partial charge in [-0.2, -0.15) is 12.6 Å². The van der Waals surface area contributed by atoms with Crippen molar-refractivity contribution in [3.63, 3.8) is 0 Å². The van der Waals surface area contributed by atoms with E-state index in [4.69, 9.17) is 19.3 Å². The summed E-state index contributed by atoms with van der Waals surface area (Å²) in [5.74, 6) is 0.0736. The number of hydrogen-bond donors (Lipinski definition) is 8. The van der Waals surface area contributed by atoms with Crippen molar-refractivity contribution in [1.82, 2.24) is 0 Å². The Hall–Kier alpha value is -0.0500. The average Bonchev–Trinajstić information content (AvgIpc) is 2.56. The smallest absolute Gasteiger partial charge is 0.186 e. The standard InChI is InChI=1S/C13H26O10S/c1-5(16)8(4-24)22-13(6(17)2-14)23-11-7(3-15)21-12(20)10(19)9(11)18/h5-20,24H,2-4H2,1H3/t5-,6-,7?,8?,9?,10?,11+,12?,13-/m0/s1. The molecule has 0 aromatic rings. The minimum absolute atomic E-state index is 0.0736. The van der Waals surface area contributed by atoms with Gasteiger partial charge in [0.15, 0.2) is 12.6 Å². The molecule has 0 radical (unpaired) electrons. The molecule has 11 heteroatoms. The first kappa shape index (κ1) is 22.0. The second kappa shape index (κ2) is 10.2. The molecule has 1 aliphatic heterocycles. The topological polar surface area (TPSA) is 169 Å². The fourth-order valence-electron chi connectivity index (χ4n) is 2.17. The van der Waals surface area contributed by atoms with Crippen LogP contribution in [0.25, 0.3) is 0 Å². The number of thiol groups is 1. The highest BCUT2D eigenvalue weighted by Gasteiger charge is 2.46. The molecule has 0 spiro atoms. The van der Waals surface area contributed by atoms with Crippen molar-refractivity contribution in [2.24, 2.45) is 0 Å². The first-order valence-electron chi connectivity index (χ1n) is 7.46. The van der Waals surface area contributed by atoms with Crippen molar-refractivity contribution in [2.75, 3.05) is 19.0 Å². The van der Waals surface area contributed by atoms with Gasteiger partial charge >= 0.3 is 0 Å². The maximum atomic E-state index is 10.0. The summed E-state index contributed by atoms with van der Waals surface area (Å²) in [5.41, 5.74) is 0. The summed E-state index contributed by atoms with van der Waals surface area (Å²) < 4.78 is 15.7. The molecular weight excluding hydrogens is 348 g/mol. The molecule has 10 nitrogen and oxygen atoms in total. The van der Waals surface area contributed by atoms with E-state index in [9.17, 15) is 30.6 Å². The van der Waals surface area contributed by atoms with Crippen molar-refractivity contribution in [3.8, 4) is 0 Å². The highest BCUT2D eigenvalue weighted by molar-refractivity contribution is 7.80. The van der Waals surface area contributed by atoms with Gasteiger partial charge in [-0.15, -0.1) is 0 Å². The van der Waals surface area contributed by atoms with Crippen LogP contribution in [0.2, 0.25) is 0 Å². The van der Waals surface area contributed by atoms with Gasteiger partial charge in [0.2, 0.25) is 0 Å². The van der Waals surface area contributed by atoms with Crippen LogP contribution in [-0.4, -0.2) is 110 Å². The zero-order valence-corrected chi connectivity index (χ0v) is 14.0. The molecule has 0 saturated carbocycles. The van der Waals surface area contributed by atoms with Crippen molar-refractivity contribution in [1.29, 1.82) is 0 Å². The van der Waals surface area contributed by atoms with Gasteiger partial charge < -0.3 is 50.0 Å². The van der Waals surface area contributed by atoms with Crippen molar-refractivity contribution >= 4 is 12.6 Å². The van der Waals surface area contributed by atoms with Crippen molar-refractivity contribution in [3.05, 3.63) is 0 Å². The van der Waals surface area contributed by atoms with Gasteiger partial charge in [0.1, 0.15) is 30.5 Å². The second-order valence-electron chi connectivity index (χ2n) is 5.55. The quantitative estimate of drug-likeness (QED) is 0.148. The Morgan fingerprint density at radius 2 is 1.75 bits per heavy atom. The Balaban J connectivity index is 2.90. The molecule has 1 fully saturated rings. The van der Waals surface area contributed by atoms with Crippen LogP contribution in [0.4, 0.5) is 0 Å². The molecule has 0 amide bonds. The van der Waals surface area contributed by atoms with Crippen LogP contribution in [0.15, 0.2) is 0 Å². The summed E-state index contributed by atoms with van der Waals surface area (Å²) in [6, 6.07) is 0. The number of aliphatic hydroxyl groups excluding tert-OH is 7. The van der Waals surface area contributed by atoms with E-state index in [0.717, 1.165) is 0 Å². The largest absolute Gasteiger partial charge is 0.394 e. The number of rotatable bonds is 9. The van der Waals surface area contributed by atoms with Crippen LogP contribution in [0.5, 0.6) is 0 Å². The van der Waals surface area contributed by atoms with E-state index < -0.39 is 68.5 Å². The fraction of sp³-hybridized carbons (Fsp3) is 1.00. The molecule has 5 unspecified atom stereocenters. The normalized spacial score (nSPS) is 36.1. The molecular formula is C13H26O10S. The van der Waals surface area contributed by atoms with Crippen LogP contribution in [0.1, 0.15) is 6.92 Å². The molecule has 7 N–H and O–H groups in total. The predicted octanol–water partition coefficient (Wildman–Crippen LogP) is -3.82. The molecule has 1 aliphatic rings. The summed E-state index contributed by atoms with van der Waals surface area (Å²) in [5, 5.41) is 67.0. The lowest BCUT2D eigenvalue weighted by atomic mass is 9.99. The summed E-state index contributed by atoms with van der Waals surface area (Å²) >= 11 is 4.00. The molecule has 0 aromatic heterocycles. The Kier molecular flexibility index (Phi) is 9.33. The number of aliphatic hydroxyl groups is 7. The third-order valence-electron chi connectivity index (χ3n) is 3.66. The average molecular weight is 374 g/mol. The molecule has 24 heavy (non-hydrogen) atoms. The molecule has 144 valence electrons. The van der Waals surface area contributed by atoms with Gasteiger partial charge in [-0.3, -0.25) is 0 Å². The zero-order chi connectivity index (χ0) is 18.4. The molecule has 0 aromatic carbocycles. The highest BCUT2D eigenvalue weighted by Crippen LogP contribution is 2.25. The lowest BCUT2D eigenvalue weighted by Crippen LogP contribution is -2.61. The summed E-state index contributed by atoms with van der Waals surface area (Å²) in [6.45, 7) is 0.0285. The van der Waals surface area contributed by atoms with Crippen LogP contribution in [-0.2, 0) is 14.2 Å². The van der Waals surface area contributed by atoms with E-state index in [2.05, 4.69) is 12.6 Å². The van der Waals surface area contributed by atoms with Crippen LogP contribution >= 0.6 is 12.6 Å². The Morgan fingerprint density at radius 1 is 1.12 bits per heavy atom. The van der Waals surface area contributed by atoms with Gasteiger partial charge in [-0.1, -0.05) is 0 Å². The van der Waals surface area contributed by atoms with Crippen molar-refractivity contribution < 1.29 is 50.0 Å². The molecule has 9 atom stereocenters. The minimum Gasteiger partial charge on any atom is -0.394 e. The molecule has 1 rings (SSSR count). The van der Waals surface area contributed by atoms with E-state index in [0.29, 0.717) is 0 Å². The monoisotopic (exact) mass is 374 g/mol. The highest BCUT2D eigenvalue weighted by atomic mass is 32.1. The van der Waals surface area contributed by atoms with Crippen LogP contribution < -0.4 is 0 Å². The van der Waals surface area contributed by atoms with E-state index >= 15 is 0 Å². The van der Waals surface area contributed by atoms with Gasteiger partial charge in [-0.25, -0.2) is 0 Å². The molecule has 0 bridgehead atoms. The van der Waals surface area contributed by atoms with E-state index in [1.165, 1.54) is 6.92 Å². The summed E-state index contributed by atoms with van der Waals surface area (Å²) in [7, 11) is 0. The minimum atomic E-state index is -1.72. The maximum absolute atomic E-state index is 10.0. The second-order valence-corrected chi connectivity index (χ2v) is 5.91. The Morgan fingerprint density at radius 3 is 2.21 bits per heavy atom. The first-order valence-corrected chi connectivity index (χ1v) is 8.09. The van der Waals surface area contributed by atoms with Crippen LogP contribution in [0.3, 0.4) is 0 Å². The number of hydrogen-bond acceptors (Lipinski definition) is 11. The summed E-state index contributed by atoms with van der Waals surface area (Å²) in [6.07, 6.45) is -12.5. The van der Waals surface area contributed by atoms with Gasteiger partial charge in [0.25, 0.3) is 0 Å². The van der Waals surface area contributed by atoms with E-state index in [-0.39, 0.29) is 5.75 Å². The molecule has 1 heterocycles. The lowest BCUT2D eigenvalue weighted by Gasteiger charge is -2.42. The van der Waals surface area contributed by atoms with Gasteiger partial charge in [-0.05, 0) is 6.92 Å². The number of ether oxygens (including phenoxy) is 3. The molecule has 0 aliphatic carbocycles. The summed E-state index contributed by atoms with van der Waals surface area (Å²) in [4.78, 5) is 0. The predicted molar refractivity (Wildman–Crippen MR) is 82.1 cm³/mol. The fourth-order valence-corrected chi connectivity index (χ4v) is 2.56. The molecule has 1 saturated heterocycles. The first-order chi connectivity index (χ1) is 11.3. The van der Waals surface area contributed by atoms with Gasteiger partial charge in [0, 0.05) is 5.75 Å². The van der Waals surface area contributed by atoms with E-state index in [1.54, 1.807) is 0 Å². The van der Waals surface area contributed by atoms with Crippen LogP contribution in [0, 0.1) is 0 Å². The SMILES string of the molecule is C[C@H](O)C(CS)O[C@@H](O[C@@H]1C(CO)OC(O)C(O)C1O)[C@@H](O)CO. The van der Waals surface area contributed by atoms with E-state index in [1.807, 2.05) is 0 Å². The third-order valence-corrected chi connectivity index (χ3v) is 4.02. The van der Waals surface area contributed by atoms with Crippen molar-refractivity contribution in [2.45, 2.75) is 62.2 Å². The Labute approximate surface area is 144 Å².